The van der Waals surface area contributed by atoms with Crippen molar-refractivity contribution in [3.8, 4) is 0 Å². The molecule has 10 heteroatoms. The molecule has 0 saturated carbocycles. The van der Waals surface area contributed by atoms with Gasteiger partial charge in [-0.1, -0.05) is 0 Å². The highest BCUT2D eigenvalue weighted by Gasteiger charge is 2.39. The third kappa shape index (κ3) is 3.33. The molecule has 1 amide bonds. The summed E-state index contributed by atoms with van der Waals surface area (Å²) in [5.74, 6) is -0.650. The molecule has 0 radical (unpaired) electrons. The molecule has 1 N–H and O–H groups in total. The number of aromatic nitrogens is 4. The van der Waals surface area contributed by atoms with Crippen LogP contribution in [0.3, 0.4) is 0 Å². The minimum Gasteiger partial charge on any atom is -0.344 e. The fourth-order valence-electron chi connectivity index (χ4n) is 2.47. The van der Waals surface area contributed by atoms with E-state index in [1.165, 1.54) is 7.05 Å². The van der Waals surface area contributed by atoms with Crippen molar-refractivity contribution in [2.45, 2.75) is 39.5 Å². The molecule has 1 unspecified atom stereocenters. The van der Waals surface area contributed by atoms with Crippen LogP contribution in [-0.2, 0) is 19.8 Å². The Bertz CT molecular complexity index is 765. The van der Waals surface area contributed by atoms with Gasteiger partial charge in [0, 0.05) is 24.8 Å². The monoisotopic (exact) mass is 407 g/mol. The lowest BCUT2D eigenvalue weighted by Crippen LogP contribution is -2.29. The molecule has 2 rings (SSSR count). The van der Waals surface area contributed by atoms with Crippen LogP contribution in [0.5, 0.6) is 0 Å². The van der Waals surface area contributed by atoms with E-state index in [2.05, 4.69) is 31.4 Å². The molecule has 2 aromatic heterocycles. The molecule has 24 heavy (non-hydrogen) atoms. The van der Waals surface area contributed by atoms with Gasteiger partial charge in [-0.2, -0.15) is 23.4 Å². The maximum atomic E-state index is 12.9. The van der Waals surface area contributed by atoms with Crippen molar-refractivity contribution < 1.29 is 18.0 Å². The number of rotatable bonds is 4. The van der Waals surface area contributed by atoms with E-state index >= 15 is 0 Å². The van der Waals surface area contributed by atoms with E-state index in [-0.39, 0.29) is 10.2 Å². The van der Waals surface area contributed by atoms with Crippen LogP contribution in [0.4, 0.5) is 13.2 Å². The van der Waals surface area contributed by atoms with Crippen LogP contribution < -0.4 is 5.32 Å². The molecule has 0 bridgehead atoms. The number of carbonyl (C=O) groups excluding carboxylic acids is 1. The van der Waals surface area contributed by atoms with Crippen LogP contribution in [0.1, 0.15) is 47.3 Å². The van der Waals surface area contributed by atoms with Gasteiger partial charge in [0.15, 0.2) is 5.69 Å². The third-order valence-corrected chi connectivity index (χ3v) is 4.48. The maximum Gasteiger partial charge on any atom is 0.436 e. The van der Waals surface area contributed by atoms with Gasteiger partial charge in [-0.05, 0) is 36.7 Å². The summed E-state index contributed by atoms with van der Waals surface area (Å²) in [4.78, 5) is 12.4. The summed E-state index contributed by atoms with van der Waals surface area (Å²) >= 11 is 2.83. The Hall–Kier alpha value is -1.84. The molecule has 0 spiro atoms. The van der Waals surface area contributed by atoms with Gasteiger partial charge < -0.3 is 5.32 Å². The fraction of sp³-hybridized carbons (Fsp3) is 0.500. The molecule has 1 atom stereocenters. The SMILES string of the molecule is CCn1ncc(C(C)NC(=O)c2c(Br)c(C(F)(F)F)nn2C)c1C. The van der Waals surface area contributed by atoms with Crippen molar-refractivity contribution in [1.82, 2.24) is 24.9 Å². The summed E-state index contributed by atoms with van der Waals surface area (Å²) in [5.41, 5.74) is 0.386. The zero-order chi connectivity index (χ0) is 18.2. The van der Waals surface area contributed by atoms with Crippen molar-refractivity contribution in [2.24, 2.45) is 7.05 Å². The first kappa shape index (κ1) is 18.5. The van der Waals surface area contributed by atoms with Gasteiger partial charge in [-0.3, -0.25) is 14.2 Å². The maximum absolute atomic E-state index is 12.9. The van der Waals surface area contributed by atoms with E-state index in [9.17, 15) is 18.0 Å². The summed E-state index contributed by atoms with van der Waals surface area (Å²) in [6.07, 6.45) is -3.00. The molecule has 2 heterocycles. The molecule has 0 aliphatic carbocycles. The van der Waals surface area contributed by atoms with E-state index in [1.807, 2.05) is 13.8 Å². The van der Waals surface area contributed by atoms with Gasteiger partial charge in [-0.25, -0.2) is 0 Å². The lowest BCUT2D eigenvalue weighted by Gasteiger charge is -2.14. The molecule has 2 aromatic rings. The van der Waals surface area contributed by atoms with Crippen molar-refractivity contribution >= 4 is 21.8 Å². The number of hydrogen-bond donors (Lipinski definition) is 1. The number of hydrogen-bond acceptors (Lipinski definition) is 3. The van der Waals surface area contributed by atoms with Gasteiger partial charge >= 0.3 is 6.18 Å². The summed E-state index contributed by atoms with van der Waals surface area (Å²) in [6.45, 7) is 6.25. The smallest absolute Gasteiger partial charge is 0.344 e. The Kier molecular flexibility index (Phi) is 5.07. The Balaban J connectivity index is 2.27. The van der Waals surface area contributed by atoms with Gasteiger partial charge in [0.1, 0.15) is 5.69 Å². The van der Waals surface area contributed by atoms with Crippen LogP contribution >= 0.6 is 15.9 Å². The van der Waals surface area contributed by atoms with Crippen LogP contribution in [0.2, 0.25) is 0 Å². The summed E-state index contributed by atoms with van der Waals surface area (Å²) in [6, 6.07) is -0.408. The normalized spacial score (nSPS) is 13.2. The fourth-order valence-corrected chi connectivity index (χ4v) is 3.21. The van der Waals surface area contributed by atoms with E-state index in [1.54, 1.807) is 17.8 Å². The Labute approximate surface area is 145 Å². The number of alkyl halides is 3. The zero-order valence-corrected chi connectivity index (χ0v) is 15.2. The second kappa shape index (κ2) is 6.58. The van der Waals surface area contributed by atoms with Gasteiger partial charge in [-0.15, -0.1) is 0 Å². The van der Waals surface area contributed by atoms with Crippen LogP contribution in [-0.4, -0.2) is 25.5 Å². The second-order valence-electron chi connectivity index (χ2n) is 5.33. The molecular formula is C14H17BrF3N5O. The highest BCUT2D eigenvalue weighted by atomic mass is 79.9. The minimum absolute atomic E-state index is 0.185. The number of aryl methyl sites for hydroxylation is 2. The topological polar surface area (TPSA) is 64.7 Å². The lowest BCUT2D eigenvalue weighted by atomic mass is 10.1. The van der Waals surface area contributed by atoms with Gasteiger partial charge in [0.25, 0.3) is 5.91 Å². The molecule has 132 valence electrons. The van der Waals surface area contributed by atoms with Crippen molar-refractivity contribution in [3.63, 3.8) is 0 Å². The second-order valence-corrected chi connectivity index (χ2v) is 6.12. The predicted octanol–water partition coefficient (Wildman–Crippen LogP) is 3.22. The number of nitrogens with zero attached hydrogens (tertiary/aromatic N) is 4. The van der Waals surface area contributed by atoms with Gasteiger partial charge in [0.05, 0.1) is 16.7 Å². The van der Waals surface area contributed by atoms with Crippen molar-refractivity contribution in [2.75, 3.05) is 0 Å². The molecule has 0 aromatic carbocycles. The average Bonchev–Trinajstić information content (AvgIpc) is 2.98. The highest BCUT2D eigenvalue weighted by Crippen LogP contribution is 2.35. The highest BCUT2D eigenvalue weighted by molar-refractivity contribution is 9.10. The van der Waals surface area contributed by atoms with Crippen molar-refractivity contribution in [3.05, 3.63) is 33.3 Å². The minimum atomic E-state index is -4.64. The molecule has 0 fully saturated rings. The van der Waals surface area contributed by atoms with E-state index < -0.39 is 23.8 Å². The van der Waals surface area contributed by atoms with E-state index in [0.717, 1.165) is 15.9 Å². The summed E-state index contributed by atoms with van der Waals surface area (Å²) in [5, 5.41) is 10.3. The van der Waals surface area contributed by atoms with Crippen molar-refractivity contribution in [1.29, 1.82) is 0 Å². The first-order valence-corrected chi connectivity index (χ1v) is 8.00. The van der Waals surface area contributed by atoms with Gasteiger partial charge in [0.2, 0.25) is 0 Å². The number of nitrogens with one attached hydrogen (secondary N) is 1. The number of amides is 1. The molecule has 0 aliphatic heterocycles. The van der Waals surface area contributed by atoms with E-state index in [0.29, 0.717) is 6.54 Å². The average molecular weight is 408 g/mol. The third-order valence-electron chi connectivity index (χ3n) is 3.73. The van der Waals surface area contributed by atoms with E-state index in [4.69, 9.17) is 0 Å². The largest absolute Gasteiger partial charge is 0.436 e. The summed E-state index contributed by atoms with van der Waals surface area (Å²) in [7, 11) is 1.29. The molecule has 6 nitrogen and oxygen atoms in total. The Morgan fingerprint density at radius 3 is 2.54 bits per heavy atom. The zero-order valence-electron chi connectivity index (χ0n) is 13.6. The lowest BCUT2D eigenvalue weighted by molar-refractivity contribution is -0.142. The predicted molar refractivity (Wildman–Crippen MR) is 84.4 cm³/mol. The van der Waals surface area contributed by atoms with Crippen LogP contribution in [0.25, 0.3) is 0 Å². The summed E-state index contributed by atoms with van der Waals surface area (Å²) < 4.78 is 41.0. The molecule has 0 aliphatic rings. The first-order valence-electron chi connectivity index (χ1n) is 7.20. The number of carbonyl (C=O) groups is 1. The standard InChI is InChI=1S/C14H17BrF3N5O/c1-5-23-8(3)9(6-19-23)7(2)20-13(24)11-10(15)12(14(16,17)18)21-22(11)4/h6-7H,5H2,1-4H3,(H,20,24). The Morgan fingerprint density at radius 2 is 2.08 bits per heavy atom. The number of halogens is 4. The molecule has 0 saturated heterocycles. The van der Waals surface area contributed by atoms with Crippen LogP contribution in [0, 0.1) is 6.92 Å². The first-order chi connectivity index (χ1) is 11.1. The Morgan fingerprint density at radius 1 is 1.46 bits per heavy atom. The van der Waals surface area contributed by atoms with Crippen LogP contribution in [0.15, 0.2) is 10.7 Å². The quantitative estimate of drug-likeness (QED) is 0.845. The molecular weight excluding hydrogens is 391 g/mol.